The van der Waals surface area contributed by atoms with Gasteiger partial charge in [0, 0.05) is 18.6 Å². The van der Waals surface area contributed by atoms with Crippen LogP contribution in [0.5, 0.6) is 0 Å². The number of hydrogen-bond donors (Lipinski definition) is 1. The first-order valence-corrected chi connectivity index (χ1v) is 8.15. The zero-order chi connectivity index (χ0) is 13.5. The van der Waals surface area contributed by atoms with Crippen molar-refractivity contribution in [2.45, 2.75) is 59.5 Å². The molecule has 0 atom stereocenters. The van der Waals surface area contributed by atoms with Crippen molar-refractivity contribution in [3.05, 3.63) is 0 Å². The van der Waals surface area contributed by atoms with E-state index >= 15 is 0 Å². The zero-order valence-corrected chi connectivity index (χ0v) is 12.7. The monoisotopic (exact) mass is 264 g/mol. The van der Waals surface area contributed by atoms with Gasteiger partial charge in [0.15, 0.2) is 0 Å². The minimum absolute atomic E-state index is 0.0544. The van der Waals surface area contributed by atoms with Gasteiger partial charge in [-0.25, -0.2) is 8.42 Å². The topological polar surface area (TPSA) is 49.4 Å². The normalized spacial score (nSPS) is 12.9. The Morgan fingerprint density at radius 3 is 2.12 bits per heavy atom. The second-order valence-electron chi connectivity index (χ2n) is 4.93. The highest BCUT2D eigenvalue weighted by molar-refractivity contribution is 7.89. The van der Waals surface area contributed by atoms with E-state index in [2.05, 4.69) is 19.2 Å². The molecule has 4 nitrogen and oxygen atoms in total. The van der Waals surface area contributed by atoms with E-state index in [4.69, 9.17) is 0 Å². The summed E-state index contributed by atoms with van der Waals surface area (Å²) in [4.78, 5) is 0. The molecule has 0 rings (SSSR count). The maximum atomic E-state index is 12.0. The van der Waals surface area contributed by atoms with Crippen LogP contribution >= 0.6 is 0 Å². The van der Waals surface area contributed by atoms with Gasteiger partial charge < -0.3 is 5.32 Å². The minimum atomic E-state index is -3.07. The van der Waals surface area contributed by atoms with Gasteiger partial charge in [0.2, 0.25) is 10.0 Å². The molecule has 17 heavy (non-hydrogen) atoms. The van der Waals surface area contributed by atoms with Gasteiger partial charge in [0.05, 0.1) is 5.75 Å². The molecule has 0 saturated carbocycles. The van der Waals surface area contributed by atoms with Crippen LogP contribution in [0.2, 0.25) is 0 Å². The Bertz CT molecular complexity index is 287. The van der Waals surface area contributed by atoms with Gasteiger partial charge in [0.25, 0.3) is 0 Å². The summed E-state index contributed by atoms with van der Waals surface area (Å²) in [6.45, 7) is 11.4. The third-order valence-electron chi connectivity index (χ3n) is 2.63. The Balaban J connectivity index is 4.01. The SMILES string of the molecule is CCN(C(C)C)S(=O)(=O)CCCCNC(C)C. The molecule has 0 saturated heterocycles. The molecule has 0 aromatic rings. The van der Waals surface area contributed by atoms with Gasteiger partial charge in [-0.3, -0.25) is 0 Å². The summed E-state index contributed by atoms with van der Waals surface area (Å²) in [6.07, 6.45) is 1.64. The molecule has 0 aliphatic carbocycles. The highest BCUT2D eigenvalue weighted by atomic mass is 32.2. The van der Waals surface area contributed by atoms with Crippen molar-refractivity contribution in [3.63, 3.8) is 0 Å². The molecule has 0 unspecified atom stereocenters. The Hall–Kier alpha value is -0.130. The number of unbranched alkanes of at least 4 members (excludes halogenated alkanes) is 1. The van der Waals surface area contributed by atoms with Crippen molar-refractivity contribution in [3.8, 4) is 0 Å². The van der Waals surface area contributed by atoms with Crippen LogP contribution in [-0.4, -0.2) is 43.6 Å². The van der Waals surface area contributed by atoms with Crippen LogP contribution < -0.4 is 5.32 Å². The highest BCUT2D eigenvalue weighted by Gasteiger charge is 2.22. The molecule has 0 aliphatic heterocycles. The predicted octanol–water partition coefficient (Wildman–Crippen LogP) is 1.82. The fraction of sp³-hybridized carbons (Fsp3) is 1.00. The summed E-state index contributed by atoms with van der Waals surface area (Å²) in [6, 6.07) is 0.521. The van der Waals surface area contributed by atoms with Crippen LogP contribution in [0.1, 0.15) is 47.5 Å². The van der Waals surface area contributed by atoms with E-state index in [0.29, 0.717) is 12.6 Å². The number of nitrogens with zero attached hydrogens (tertiary/aromatic N) is 1. The second kappa shape index (κ2) is 8.06. The van der Waals surface area contributed by atoms with Gasteiger partial charge in [0.1, 0.15) is 0 Å². The molecule has 0 aromatic carbocycles. The van der Waals surface area contributed by atoms with E-state index in [0.717, 1.165) is 19.4 Å². The summed E-state index contributed by atoms with van der Waals surface area (Å²) in [5.74, 6) is 0.263. The fourth-order valence-electron chi connectivity index (χ4n) is 1.80. The summed E-state index contributed by atoms with van der Waals surface area (Å²) in [7, 11) is -3.07. The maximum Gasteiger partial charge on any atom is 0.214 e. The minimum Gasteiger partial charge on any atom is -0.315 e. The lowest BCUT2D eigenvalue weighted by atomic mass is 10.3. The lowest BCUT2D eigenvalue weighted by molar-refractivity contribution is 0.368. The van der Waals surface area contributed by atoms with Gasteiger partial charge in [-0.2, -0.15) is 4.31 Å². The van der Waals surface area contributed by atoms with Crippen molar-refractivity contribution in [1.29, 1.82) is 0 Å². The summed E-state index contributed by atoms with van der Waals surface area (Å²) in [5.41, 5.74) is 0. The van der Waals surface area contributed by atoms with E-state index in [1.54, 1.807) is 4.31 Å². The van der Waals surface area contributed by atoms with Crippen molar-refractivity contribution in [2.75, 3.05) is 18.8 Å². The van der Waals surface area contributed by atoms with Crippen LogP contribution in [-0.2, 0) is 10.0 Å². The number of hydrogen-bond acceptors (Lipinski definition) is 3. The Kier molecular flexibility index (Phi) is 8.00. The summed E-state index contributed by atoms with van der Waals surface area (Å²) >= 11 is 0. The number of rotatable bonds is 9. The Labute approximate surface area is 107 Å². The van der Waals surface area contributed by atoms with Gasteiger partial charge in [-0.05, 0) is 33.2 Å². The Morgan fingerprint density at radius 1 is 1.12 bits per heavy atom. The van der Waals surface area contributed by atoms with Crippen molar-refractivity contribution < 1.29 is 8.42 Å². The lowest BCUT2D eigenvalue weighted by Crippen LogP contribution is -2.38. The van der Waals surface area contributed by atoms with Crippen LogP contribution in [0.15, 0.2) is 0 Å². The first kappa shape index (κ1) is 16.9. The van der Waals surface area contributed by atoms with Crippen LogP contribution in [0.25, 0.3) is 0 Å². The molecule has 0 radical (unpaired) electrons. The molecule has 0 fully saturated rings. The average molecular weight is 264 g/mol. The van der Waals surface area contributed by atoms with Crippen LogP contribution in [0, 0.1) is 0 Å². The standard InChI is InChI=1S/C12H28N2O2S/c1-6-14(12(4)5)17(15,16)10-8-7-9-13-11(2)3/h11-13H,6-10H2,1-5H3. The molecule has 5 heteroatoms. The molecular weight excluding hydrogens is 236 g/mol. The quantitative estimate of drug-likeness (QED) is 0.646. The number of sulfonamides is 1. The molecule has 0 bridgehead atoms. The molecule has 104 valence electrons. The predicted molar refractivity (Wildman–Crippen MR) is 73.7 cm³/mol. The molecule has 0 spiro atoms. The highest BCUT2D eigenvalue weighted by Crippen LogP contribution is 2.09. The third kappa shape index (κ3) is 7.01. The van der Waals surface area contributed by atoms with E-state index in [1.807, 2.05) is 20.8 Å². The van der Waals surface area contributed by atoms with E-state index in [-0.39, 0.29) is 11.8 Å². The molecule has 0 amide bonds. The Morgan fingerprint density at radius 2 is 1.71 bits per heavy atom. The second-order valence-corrected chi connectivity index (χ2v) is 6.97. The van der Waals surface area contributed by atoms with Crippen molar-refractivity contribution in [1.82, 2.24) is 9.62 Å². The molecule has 0 heterocycles. The zero-order valence-electron chi connectivity index (χ0n) is 11.9. The fourth-order valence-corrected chi connectivity index (χ4v) is 3.64. The van der Waals surface area contributed by atoms with E-state index in [1.165, 1.54) is 0 Å². The maximum absolute atomic E-state index is 12.0. The van der Waals surface area contributed by atoms with Crippen LogP contribution in [0.3, 0.4) is 0 Å². The number of nitrogens with one attached hydrogen (secondary N) is 1. The average Bonchev–Trinajstić information content (AvgIpc) is 2.16. The van der Waals surface area contributed by atoms with Crippen LogP contribution in [0.4, 0.5) is 0 Å². The summed E-state index contributed by atoms with van der Waals surface area (Å²) < 4.78 is 25.6. The largest absolute Gasteiger partial charge is 0.315 e. The third-order valence-corrected chi connectivity index (χ3v) is 4.83. The molecular formula is C12H28N2O2S. The van der Waals surface area contributed by atoms with E-state index in [9.17, 15) is 8.42 Å². The van der Waals surface area contributed by atoms with Crippen molar-refractivity contribution >= 4 is 10.0 Å². The first-order valence-electron chi connectivity index (χ1n) is 6.54. The van der Waals surface area contributed by atoms with Crippen molar-refractivity contribution in [2.24, 2.45) is 0 Å². The van der Waals surface area contributed by atoms with Gasteiger partial charge in [-0.1, -0.05) is 20.8 Å². The first-order chi connectivity index (χ1) is 7.81. The van der Waals surface area contributed by atoms with Gasteiger partial charge in [-0.15, -0.1) is 0 Å². The molecule has 0 aromatic heterocycles. The molecule has 1 N–H and O–H groups in total. The smallest absolute Gasteiger partial charge is 0.214 e. The molecule has 0 aliphatic rings. The van der Waals surface area contributed by atoms with E-state index < -0.39 is 10.0 Å². The summed E-state index contributed by atoms with van der Waals surface area (Å²) in [5, 5.41) is 3.29. The van der Waals surface area contributed by atoms with Gasteiger partial charge >= 0.3 is 0 Å². The lowest BCUT2D eigenvalue weighted by Gasteiger charge is -2.24.